The summed E-state index contributed by atoms with van der Waals surface area (Å²) in [5, 5.41) is 9.87. The fourth-order valence-corrected chi connectivity index (χ4v) is 2.35. The number of phenolic OH excluding ortho intramolecular Hbond substituents is 1. The molecule has 6 nitrogen and oxygen atoms in total. The molecule has 1 N–H and O–H groups in total. The van der Waals surface area contributed by atoms with Crippen LogP contribution in [0.15, 0.2) is 12.1 Å². The lowest BCUT2D eigenvalue weighted by Gasteiger charge is -2.31. The average molecular weight is 294 g/mol. The molecule has 116 valence electrons. The summed E-state index contributed by atoms with van der Waals surface area (Å²) in [4.78, 5) is 16.8. The second-order valence-corrected chi connectivity index (χ2v) is 5.23. The Balaban J connectivity index is 2.11. The summed E-state index contributed by atoms with van der Waals surface area (Å²) in [5.41, 5.74) is 0.487. The van der Waals surface area contributed by atoms with Gasteiger partial charge in [0, 0.05) is 31.7 Å². The molecule has 0 spiro atoms. The van der Waals surface area contributed by atoms with E-state index in [4.69, 9.17) is 9.47 Å². The fraction of sp³-hybridized carbons (Fsp3) is 0.533. The number of nitrogens with zero attached hydrogens (tertiary/aromatic N) is 2. The van der Waals surface area contributed by atoms with Crippen LogP contribution in [0.1, 0.15) is 10.4 Å². The molecule has 1 saturated heterocycles. The van der Waals surface area contributed by atoms with Gasteiger partial charge in [-0.25, -0.2) is 0 Å². The summed E-state index contributed by atoms with van der Waals surface area (Å²) in [6, 6.07) is 3.10. The molecule has 1 aromatic rings. The molecule has 2 rings (SSSR count). The zero-order valence-corrected chi connectivity index (χ0v) is 12.8. The monoisotopic (exact) mass is 294 g/mol. The fourth-order valence-electron chi connectivity index (χ4n) is 2.35. The Kier molecular flexibility index (Phi) is 5.03. The topological polar surface area (TPSA) is 62.2 Å². The van der Waals surface area contributed by atoms with E-state index in [-0.39, 0.29) is 23.0 Å². The number of carbonyl (C=O) groups is 1. The lowest BCUT2D eigenvalue weighted by Crippen LogP contribution is -2.46. The number of phenols is 1. The van der Waals surface area contributed by atoms with E-state index in [9.17, 15) is 9.90 Å². The third kappa shape index (κ3) is 3.65. The van der Waals surface area contributed by atoms with Crippen molar-refractivity contribution in [3.8, 4) is 17.2 Å². The minimum atomic E-state index is -0.0869. The predicted molar refractivity (Wildman–Crippen MR) is 79.5 cm³/mol. The van der Waals surface area contributed by atoms with Gasteiger partial charge in [0.2, 0.25) is 5.75 Å². The maximum atomic E-state index is 12.4. The van der Waals surface area contributed by atoms with Crippen molar-refractivity contribution in [1.82, 2.24) is 9.80 Å². The number of Topliss-reactive ketones (excluding diaryl/α,β-unsaturated/α-hetero) is 1. The molecule has 0 aromatic heterocycles. The molecular formula is C15H22N2O4. The highest BCUT2D eigenvalue weighted by Gasteiger charge is 2.20. The zero-order chi connectivity index (χ0) is 15.4. The Hall–Kier alpha value is -1.79. The van der Waals surface area contributed by atoms with Crippen LogP contribution in [0.25, 0.3) is 0 Å². The summed E-state index contributed by atoms with van der Waals surface area (Å²) >= 11 is 0. The van der Waals surface area contributed by atoms with Crippen LogP contribution >= 0.6 is 0 Å². The SMILES string of the molecule is COc1cc(C(=O)CN2CCN(C)CC2)cc(OC)c1O. The molecule has 0 amide bonds. The maximum absolute atomic E-state index is 12.4. The molecule has 0 unspecified atom stereocenters. The van der Waals surface area contributed by atoms with E-state index < -0.39 is 0 Å². The van der Waals surface area contributed by atoms with Crippen LogP contribution in [0, 0.1) is 0 Å². The molecule has 0 radical (unpaired) electrons. The number of rotatable bonds is 5. The van der Waals surface area contributed by atoms with E-state index in [1.54, 1.807) is 12.1 Å². The van der Waals surface area contributed by atoms with Gasteiger partial charge < -0.3 is 19.5 Å². The molecule has 1 fully saturated rings. The average Bonchev–Trinajstić information content (AvgIpc) is 2.49. The number of ether oxygens (including phenoxy) is 2. The Bertz CT molecular complexity index is 485. The summed E-state index contributed by atoms with van der Waals surface area (Å²) in [6.45, 7) is 4.07. The predicted octanol–water partition coefficient (Wildman–Crippen LogP) is 0.839. The summed E-state index contributed by atoms with van der Waals surface area (Å²) in [7, 11) is 4.97. The number of hydrogen-bond donors (Lipinski definition) is 1. The molecule has 1 aromatic carbocycles. The van der Waals surface area contributed by atoms with Gasteiger partial charge in [-0.3, -0.25) is 9.69 Å². The molecule has 1 aliphatic heterocycles. The molecule has 1 aliphatic rings. The van der Waals surface area contributed by atoms with Crippen molar-refractivity contribution in [2.24, 2.45) is 0 Å². The van der Waals surface area contributed by atoms with Crippen LogP contribution in [0.5, 0.6) is 17.2 Å². The van der Waals surface area contributed by atoms with Crippen molar-refractivity contribution in [3.63, 3.8) is 0 Å². The third-order valence-electron chi connectivity index (χ3n) is 3.76. The third-order valence-corrected chi connectivity index (χ3v) is 3.76. The van der Waals surface area contributed by atoms with Gasteiger partial charge in [0.1, 0.15) is 0 Å². The number of piperazine rings is 1. The number of benzene rings is 1. The minimum Gasteiger partial charge on any atom is -0.502 e. The summed E-state index contributed by atoms with van der Waals surface area (Å²) < 4.78 is 10.2. The summed E-state index contributed by atoms with van der Waals surface area (Å²) in [5.74, 6) is 0.402. The second-order valence-electron chi connectivity index (χ2n) is 5.23. The molecule has 0 aliphatic carbocycles. The van der Waals surface area contributed by atoms with E-state index >= 15 is 0 Å². The van der Waals surface area contributed by atoms with Crippen molar-refractivity contribution < 1.29 is 19.4 Å². The van der Waals surface area contributed by atoms with Gasteiger partial charge in [0.15, 0.2) is 17.3 Å². The first-order valence-electron chi connectivity index (χ1n) is 6.94. The highest BCUT2D eigenvalue weighted by atomic mass is 16.5. The van der Waals surface area contributed by atoms with Crippen LogP contribution < -0.4 is 9.47 Å². The van der Waals surface area contributed by atoms with Gasteiger partial charge in [-0.15, -0.1) is 0 Å². The lowest BCUT2D eigenvalue weighted by atomic mass is 10.1. The molecule has 0 saturated carbocycles. The summed E-state index contributed by atoms with van der Waals surface area (Å²) in [6.07, 6.45) is 0. The first kappa shape index (κ1) is 15.6. The molecular weight excluding hydrogens is 272 g/mol. The van der Waals surface area contributed by atoms with Crippen LogP contribution in [0.2, 0.25) is 0 Å². The van der Waals surface area contributed by atoms with E-state index in [2.05, 4.69) is 16.8 Å². The maximum Gasteiger partial charge on any atom is 0.200 e. The number of hydrogen-bond acceptors (Lipinski definition) is 6. The zero-order valence-electron chi connectivity index (χ0n) is 12.8. The highest BCUT2D eigenvalue weighted by Crippen LogP contribution is 2.37. The van der Waals surface area contributed by atoms with Crippen LogP contribution in [-0.4, -0.2) is 74.7 Å². The van der Waals surface area contributed by atoms with Crippen molar-refractivity contribution in [3.05, 3.63) is 17.7 Å². The van der Waals surface area contributed by atoms with Gasteiger partial charge in [-0.2, -0.15) is 0 Å². The van der Waals surface area contributed by atoms with Crippen LogP contribution in [-0.2, 0) is 0 Å². The Morgan fingerprint density at radius 3 is 2.14 bits per heavy atom. The largest absolute Gasteiger partial charge is 0.502 e. The molecule has 6 heteroatoms. The highest BCUT2D eigenvalue weighted by molar-refractivity contribution is 5.98. The quantitative estimate of drug-likeness (QED) is 0.812. The Labute approximate surface area is 124 Å². The normalized spacial score (nSPS) is 16.7. The first-order valence-corrected chi connectivity index (χ1v) is 6.94. The molecule has 21 heavy (non-hydrogen) atoms. The van der Waals surface area contributed by atoms with E-state index in [0.29, 0.717) is 12.1 Å². The number of carbonyl (C=O) groups excluding carboxylic acids is 1. The van der Waals surface area contributed by atoms with Gasteiger partial charge in [0.05, 0.1) is 20.8 Å². The number of methoxy groups -OCH3 is 2. The lowest BCUT2D eigenvalue weighted by molar-refractivity contribution is 0.0875. The van der Waals surface area contributed by atoms with Crippen molar-refractivity contribution in [2.75, 3.05) is 54.0 Å². The Morgan fingerprint density at radius 1 is 1.14 bits per heavy atom. The van der Waals surface area contributed by atoms with Gasteiger partial charge in [0.25, 0.3) is 0 Å². The van der Waals surface area contributed by atoms with E-state index in [1.807, 2.05) is 0 Å². The van der Waals surface area contributed by atoms with Crippen molar-refractivity contribution in [2.45, 2.75) is 0 Å². The molecule has 0 atom stereocenters. The number of aromatic hydroxyl groups is 1. The first-order chi connectivity index (χ1) is 10.0. The van der Waals surface area contributed by atoms with Gasteiger partial charge in [-0.05, 0) is 19.2 Å². The smallest absolute Gasteiger partial charge is 0.200 e. The number of ketones is 1. The van der Waals surface area contributed by atoms with Crippen molar-refractivity contribution in [1.29, 1.82) is 0 Å². The Morgan fingerprint density at radius 2 is 1.67 bits per heavy atom. The minimum absolute atomic E-state index is 0.00356. The van der Waals surface area contributed by atoms with Crippen molar-refractivity contribution >= 4 is 5.78 Å². The van der Waals surface area contributed by atoms with Gasteiger partial charge >= 0.3 is 0 Å². The van der Waals surface area contributed by atoms with Crippen LogP contribution in [0.4, 0.5) is 0 Å². The van der Waals surface area contributed by atoms with Gasteiger partial charge in [-0.1, -0.05) is 0 Å². The second kappa shape index (κ2) is 6.78. The van der Waals surface area contributed by atoms with E-state index in [0.717, 1.165) is 26.2 Å². The van der Waals surface area contributed by atoms with Crippen LogP contribution in [0.3, 0.4) is 0 Å². The van der Waals surface area contributed by atoms with E-state index in [1.165, 1.54) is 14.2 Å². The number of likely N-dealkylation sites (N-methyl/N-ethyl adjacent to an activating group) is 1. The molecule has 0 bridgehead atoms. The standard InChI is InChI=1S/C15H22N2O4/c1-16-4-6-17(7-5-16)10-12(18)11-8-13(20-2)15(19)14(9-11)21-3/h8-9,19H,4-7,10H2,1-3H3. The molecule has 1 heterocycles.